The van der Waals surface area contributed by atoms with Crippen molar-refractivity contribution in [2.75, 3.05) is 12.9 Å². The van der Waals surface area contributed by atoms with Crippen molar-refractivity contribution in [3.63, 3.8) is 0 Å². The topological polar surface area (TPSA) is 29.5 Å². The molecule has 0 unspecified atom stereocenters. The van der Waals surface area contributed by atoms with Crippen LogP contribution in [0.25, 0.3) is 0 Å². The first-order chi connectivity index (χ1) is 10.5. The molecular weight excluding hydrogens is 546 g/mol. The van der Waals surface area contributed by atoms with Gasteiger partial charge in [0.05, 0.1) is 0 Å². The summed E-state index contributed by atoms with van der Waals surface area (Å²) in [4.78, 5) is 14.3. The Balaban J connectivity index is 2.67. The van der Waals surface area contributed by atoms with Crippen molar-refractivity contribution in [2.45, 2.75) is 32.4 Å². The fourth-order valence-corrected chi connectivity index (χ4v) is 8.21. The molecule has 0 bridgehead atoms. The average Bonchev–Trinajstić information content (AvgIpc) is 2.87. The first-order valence-corrected chi connectivity index (χ1v) is 19.0. The van der Waals surface area contributed by atoms with Crippen LogP contribution in [-0.4, -0.2) is 63.2 Å². The standard InChI is InChI=1S/C14H20NO2S2.PS.Tl/c1-5-6-7-11(17-4)8-13(16)15-12(10(2)3)9-19-14(15)18;1-2;/h1,5-7,10-12H,8-9H2,2-4H3;;/q;-1;+2/b5-1?,7-6+;;/t11-,12-;;/m0../s1. The minimum atomic E-state index is -0.827. The summed E-state index contributed by atoms with van der Waals surface area (Å²) in [5.41, 5.74) is 0. The molecule has 0 radical (unpaired) electrons. The maximum absolute atomic E-state index is 12.6. The average molecular weight is 566 g/mol. The summed E-state index contributed by atoms with van der Waals surface area (Å²) in [6, 6.07) is 0.200. The summed E-state index contributed by atoms with van der Waals surface area (Å²) in [7, 11) is 1.63. The van der Waals surface area contributed by atoms with Gasteiger partial charge in [-0.25, -0.2) is 0 Å². The van der Waals surface area contributed by atoms with Crippen LogP contribution in [0.15, 0.2) is 21.9 Å². The van der Waals surface area contributed by atoms with Gasteiger partial charge in [0.1, 0.15) is 0 Å². The normalized spacial score (nSPS) is 20.1. The van der Waals surface area contributed by atoms with E-state index >= 15 is 0 Å². The van der Waals surface area contributed by atoms with Crippen molar-refractivity contribution >= 4 is 73.1 Å². The number of nitrogens with zero attached hydrogens (tertiary/aromatic N) is 1. The number of carbonyl (C=O) groups is 1. The van der Waals surface area contributed by atoms with Gasteiger partial charge in [-0.3, -0.25) is 0 Å². The van der Waals surface area contributed by atoms with E-state index in [2.05, 4.69) is 17.5 Å². The molecular formula is C14H20NO2PS3Tl+. The Kier molecular flexibility index (Phi) is 10.9. The van der Waals surface area contributed by atoms with E-state index in [-0.39, 0.29) is 18.1 Å². The molecule has 0 N–H and O–H groups in total. The Morgan fingerprint density at radius 3 is 2.91 bits per heavy atom. The fourth-order valence-electron chi connectivity index (χ4n) is 2.05. The zero-order chi connectivity index (χ0) is 16.5. The molecule has 1 aliphatic heterocycles. The molecule has 3 nitrogen and oxygen atoms in total. The fraction of sp³-hybridized carbons (Fsp3) is 0.571. The third-order valence-electron chi connectivity index (χ3n) is 3.32. The van der Waals surface area contributed by atoms with E-state index in [1.54, 1.807) is 23.8 Å². The van der Waals surface area contributed by atoms with Gasteiger partial charge in [0.15, 0.2) is 0 Å². The van der Waals surface area contributed by atoms with E-state index in [9.17, 15) is 4.79 Å². The van der Waals surface area contributed by atoms with Gasteiger partial charge in [0, 0.05) is 0 Å². The second kappa shape index (κ2) is 11.5. The van der Waals surface area contributed by atoms with Gasteiger partial charge in [0.25, 0.3) is 0 Å². The molecule has 1 aliphatic rings. The zero-order valence-electron chi connectivity index (χ0n) is 13.0. The number of carbonyl (C=O) groups excluding carboxylic acids is 1. The molecule has 0 spiro atoms. The molecule has 0 saturated carbocycles. The zero-order valence-corrected chi connectivity index (χ0v) is 20.8. The number of thioether (sulfide) groups is 1. The number of allylic oxidation sites excluding steroid dienone is 2. The SMILES string of the molecule is CO[C@@H](/C=C/C=[CH]\[Tl]=[P+]=S)CC(=O)N1C(=S)SC[C@H]1C(C)C. The van der Waals surface area contributed by atoms with E-state index in [4.69, 9.17) is 28.8 Å². The van der Waals surface area contributed by atoms with Crippen LogP contribution in [0.3, 0.4) is 0 Å². The number of hydrogen-bond donors (Lipinski definition) is 0. The van der Waals surface area contributed by atoms with Gasteiger partial charge in [-0.05, 0) is 0 Å². The van der Waals surface area contributed by atoms with Crippen LogP contribution in [0.4, 0.5) is 0 Å². The van der Waals surface area contributed by atoms with Gasteiger partial charge in [-0.1, -0.05) is 0 Å². The van der Waals surface area contributed by atoms with Crippen molar-refractivity contribution in [3.05, 3.63) is 21.9 Å². The maximum atomic E-state index is 12.6. The molecule has 1 fully saturated rings. The molecule has 1 rings (SSSR count). The molecule has 1 saturated heterocycles. The van der Waals surface area contributed by atoms with Crippen LogP contribution in [0.1, 0.15) is 20.3 Å². The Bertz CT molecular complexity index is 518. The predicted molar refractivity (Wildman–Crippen MR) is 104 cm³/mol. The van der Waals surface area contributed by atoms with Crippen molar-refractivity contribution in [2.24, 2.45) is 5.92 Å². The van der Waals surface area contributed by atoms with Crippen molar-refractivity contribution in [3.8, 4) is 0 Å². The summed E-state index contributed by atoms with van der Waals surface area (Å²) in [5.74, 6) is 1.35. The molecule has 1 heterocycles. The summed E-state index contributed by atoms with van der Waals surface area (Å²) in [6.45, 7) is 4.25. The summed E-state index contributed by atoms with van der Waals surface area (Å²) in [6.07, 6.45) is 6.02. The van der Waals surface area contributed by atoms with E-state index in [1.165, 1.54) is 0 Å². The first kappa shape index (κ1) is 21.0. The third-order valence-corrected chi connectivity index (χ3v) is 12.6. The molecule has 0 aromatic rings. The number of amides is 1. The van der Waals surface area contributed by atoms with E-state index in [0.717, 1.165) is 9.75 Å². The third kappa shape index (κ3) is 6.81. The number of methoxy groups -OCH3 is 1. The van der Waals surface area contributed by atoms with Crippen LogP contribution in [0, 0.1) is 5.92 Å². The molecule has 118 valence electrons. The Morgan fingerprint density at radius 1 is 1.59 bits per heavy atom. The van der Waals surface area contributed by atoms with E-state index < -0.39 is 23.1 Å². The minimum absolute atomic E-state index is 0.0531. The van der Waals surface area contributed by atoms with Gasteiger partial charge in [-0.2, -0.15) is 0 Å². The molecule has 22 heavy (non-hydrogen) atoms. The predicted octanol–water partition coefficient (Wildman–Crippen LogP) is 3.37. The van der Waals surface area contributed by atoms with Crippen LogP contribution < -0.4 is 0 Å². The van der Waals surface area contributed by atoms with Gasteiger partial charge in [-0.15, -0.1) is 0 Å². The van der Waals surface area contributed by atoms with Gasteiger partial charge in [0.2, 0.25) is 0 Å². The number of ether oxygens (including phenoxy) is 1. The molecule has 1 amide bonds. The first-order valence-electron chi connectivity index (χ1n) is 7.02. The number of hydrogen-bond acceptors (Lipinski definition) is 5. The second-order valence-electron chi connectivity index (χ2n) is 5.15. The monoisotopic (exact) mass is 566 g/mol. The molecule has 0 aromatic heterocycles. The summed E-state index contributed by atoms with van der Waals surface area (Å²) in [5, 5.41) is 0. The Morgan fingerprint density at radius 2 is 2.32 bits per heavy atom. The van der Waals surface area contributed by atoms with Crippen LogP contribution in [0.2, 0.25) is 0 Å². The molecule has 0 aliphatic carbocycles. The number of thiocarbonyl (C=S) groups is 1. The van der Waals surface area contributed by atoms with Crippen molar-refractivity contribution in [1.82, 2.24) is 4.90 Å². The van der Waals surface area contributed by atoms with E-state index in [1.807, 2.05) is 18.2 Å². The van der Waals surface area contributed by atoms with Crippen molar-refractivity contribution in [1.29, 1.82) is 0 Å². The summed E-state index contributed by atoms with van der Waals surface area (Å²) < 4.78 is 9.44. The quantitative estimate of drug-likeness (QED) is 0.204. The Hall–Kier alpha value is 0.922. The van der Waals surface area contributed by atoms with Crippen molar-refractivity contribution < 1.29 is 9.53 Å². The summed E-state index contributed by atoms with van der Waals surface area (Å²) >= 11 is 11.0. The number of rotatable bonds is 7. The van der Waals surface area contributed by atoms with Crippen LogP contribution in [0.5, 0.6) is 0 Å². The van der Waals surface area contributed by atoms with E-state index in [0.29, 0.717) is 16.7 Å². The Labute approximate surface area is 159 Å². The van der Waals surface area contributed by atoms with Crippen LogP contribution in [-0.2, 0) is 21.3 Å². The molecule has 2 atom stereocenters. The van der Waals surface area contributed by atoms with Gasteiger partial charge >= 0.3 is 161 Å². The van der Waals surface area contributed by atoms with Crippen LogP contribution >= 0.6 is 28.0 Å². The molecule has 0 aromatic carbocycles. The molecule has 8 heteroatoms. The second-order valence-corrected chi connectivity index (χ2v) is 20.3. The van der Waals surface area contributed by atoms with Gasteiger partial charge < -0.3 is 0 Å².